The van der Waals surface area contributed by atoms with Gasteiger partial charge in [-0.05, 0) is 40.9 Å². The first-order valence-corrected chi connectivity index (χ1v) is 16.3. The lowest BCUT2D eigenvalue weighted by Gasteiger charge is -2.33. The van der Waals surface area contributed by atoms with Crippen molar-refractivity contribution in [2.75, 3.05) is 0 Å². The molecule has 0 nitrogen and oxygen atoms in total. The molecule has 0 radical (unpaired) electrons. The normalized spacial score (nSPS) is 12.9. The maximum Gasteiger partial charge on any atom is 0.0806 e. The van der Waals surface area contributed by atoms with E-state index >= 15 is 0 Å². The summed E-state index contributed by atoms with van der Waals surface area (Å²) in [6, 6.07) is 18.1. The first kappa shape index (κ1) is 26.9. The van der Waals surface area contributed by atoms with Crippen LogP contribution in [0.4, 0.5) is 0 Å². The molecule has 2 aromatic rings. The molecule has 0 aromatic heterocycles. The fraction of sp³-hybridized carbons (Fsp3) is 0.613. The topological polar surface area (TPSA) is 0 Å². The van der Waals surface area contributed by atoms with Crippen molar-refractivity contribution in [2.45, 2.75) is 118 Å². The summed E-state index contributed by atoms with van der Waals surface area (Å²) in [4.78, 5) is 0. The molecule has 0 bridgehead atoms. The van der Waals surface area contributed by atoms with Crippen LogP contribution in [0, 0.1) is 12.3 Å². The van der Waals surface area contributed by atoms with Gasteiger partial charge < -0.3 is 0 Å². The van der Waals surface area contributed by atoms with Crippen molar-refractivity contribution in [3.63, 3.8) is 0 Å². The zero-order chi connectivity index (χ0) is 24.0. The minimum absolute atomic E-state index is 0.173. The summed E-state index contributed by atoms with van der Waals surface area (Å²) in [7, 11) is -1.43. The van der Waals surface area contributed by atoms with Crippen molar-refractivity contribution in [1.29, 1.82) is 0 Å². The van der Waals surface area contributed by atoms with Gasteiger partial charge in [0.2, 0.25) is 0 Å². The predicted molar refractivity (Wildman–Crippen MR) is 149 cm³/mol. The first-order chi connectivity index (χ1) is 14.8. The quantitative estimate of drug-likeness (QED) is 0.236. The molecule has 0 spiro atoms. The van der Waals surface area contributed by atoms with Crippen molar-refractivity contribution < 1.29 is 0 Å². The summed E-state index contributed by atoms with van der Waals surface area (Å²) >= 11 is 0. The summed E-state index contributed by atoms with van der Waals surface area (Å²) in [6.45, 7) is 21.6. The molecular weight excluding hydrogens is 400 g/mol. The van der Waals surface area contributed by atoms with Crippen molar-refractivity contribution in [3.8, 4) is 11.1 Å². The Morgan fingerprint density at radius 3 is 2.06 bits per heavy atom. The van der Waals surface area contributed by atoms with Gasteiger partial charge in [-0.3, -0.25) is 0 Å². The van der Waals surface area contributed by atoms with Crippen LogP contribution < -0.4 is 5.19 Å². The minimum atomic E-state index is -1.43. The van der Waals surface area contributed by atoms with Crippen LogP contribution in [0.25, 0.3) is 11.1 Å². The third kappa shape index (κ3) is 8.21. The van der Waals surface area contributed by atoms with Gasteiger partial charge in [0.1, 0.15) is 0 Å². The smallest absolute Gasteiger partial charge is 0.0654 e. The van der Waals surface area contributed by atoms with Gasteiger partial charge in [0.05, 0.1) is 8.07 Å². The molecule has 32 heavy (non-hydrogen) atoms. The molecule has 0 saturated heterocycles. The molecule has 0 aliphatic rings. The van der Waals surface area contributed by atoms with E-state index in [1.807, 2.05) is 0 Å². The van der Waals surface area contributed by atoms with Gasteiger partial charge in [0.25, 0.3) is 0 Å². The van der Waals surface area contributed by atoms with Gasteiger partial charge in [0.15, 0.2) is 0 Å². The number of hydrogen-bond donors (Lipinski definition) is 0. The lowest BCUT2D eigenvalue weighted by Crippen LogP contribution is -2.41. The van der Waals surface area contributed by atoms with Crippen molar-refractivity contribution in [1.82, 2.24) is 0 Å². The number of rotatable bonds is 11. The third-order valence-electron chi connectivity index (χ3n) is 6.96. The average molecular weight is 451 g/mol. The van der Waals surface area contributed by atoms with Crippen molar-refractivity contribution in [2.24, 2.45) is 5.41 Å². The Balaban J connectivity index is 2.23. The molecule has 0 aliphatic carbocycles. The van der Waals surface area contributed by atoms with E-state index in [1.165, 1.54) is 73.2 Å². The highest BCUT2D eigenvalue weighted by molar-refractivity contribution is 6.89. The molecule has 0 aliphatic heterocycles. The Kier molecular flexibility index (Phi) is 9.41. The molecule has 0 unspecified atom stereocenters. The Labute approximate surface area is 201 Å². The van der Waals surface area contributed by atoms with Gasteiger partial charge in [-0.15, -0.1) is 0 Å². The van der Waals surface area contributed by atoms with E-state index in [0.29, 0.717) is 5.41 Å². The van der Waals surface area contributed by atoms with Crippen molar-refractivity contribution in [3.05, 3.63) is 53.6 Å². The fourth-order valence-corrected chi connectivity index (χ4v) is 7.97. The zero-order valence-electron chi connectivity index (χ0n) is 22.7. The highest BCUT2D eigenvalue weighted by Crippen LogP contribution is 2.37. The van der Waals surface area contributed by atoms with Gasteiger partial charge >= 0.3 is 0 Å². The summed E-state index contributed by atoms with van der Waals surface area (Å²) in [6.07, 6.45) is 9.53. The molecule has 2 rings (SSSR count). The Bertz CT molecular complexity index is 851. The van der Waals surface area contributed by atoms with E-state index in [4.69, 9.17) is 0 Å². The van der Waals surface area contributed by atoms with Crippen LogP contribution in [0.1, 0.15) is 97.6 Å². The molecule has 178 valence electrons. The van der Waals surface area contributed by atoms with Crippen molar-refractivity contribution >= 4 is 13.3 Å². The Hall–Kier alpha value is -1.34. The van der Waals surface area contributed by atoms with Crippen LogP contribution in [0.15, 0.2) is 42.5 Å². The molecule has 0 heterocycles. The highest BCUT2D eigenvalue weighted by Gasteiger charge is 2.28. The van der Waals surface area contributed by atoms with Gasteiger partial charge in [-0.2, -0.15) is 0 Å². The number of hydrogen-bond acceptors (Lipinski definition) is 0. The first-order valence-electron chi connectivity index (χ1n) is 13.1. The van der Waals surface area contributed by atoms with E-state index in [9.17, 15) is 0 Å². The van der Waals surface area contributed by atoms with Crippen LogP contribution in [0.5, 0.6) is 0 Å². The third-order valence-corrected chi connectivity index (χ3v) is 10.4. The fourth-order valence-electron chi connectivity index (χ4n) is 5.38. The maximum atomic E-state index is 2.57. The second kappa shape index (κ2) is 11.2. The van der Waals surface area contributed by atoms with Crippen LogP contribution in [0.2, 0.25) is 19.1 Å². The van der Waals surface area contributed by atoms with Crippen LogP contribution >= 0.6 is 0 Å². The molecule has 2 aromatic carbocycles. The summed E-state index contributed by atoms with van der Waals surface area (Å²) in [5.74, 6) is 0. The van der Waals surface area contributed by atoms with Crippen LogP contribution in [0.3, 0.4) is 0 Å². The lowest BCUT2D eigenvalue weighted by atomic mass is 9.72. The van der Waals surface area contributed by atoms with Crippen LogP contribution in [-0.2, 0) is 5.41 Å². The summed E-state index contributed by atoms with van der Waals surface area (Å²) in [5, 5.41) is 1.63. The second-order valence-corrected chi connectivity index (χ2v) is 17.5. The summed E-state index contributed by atoms with van der Waals surface area (Å²) < 4.78 is 0. The molecule has 0 amide bonds. The van der Waals surface area contributed by atoms with E-state index in [2.05, 4.69) is 104 Å². The van der Waals surface area contributed by atoms with Crippen LogP contribution in [-0.4, -0.2) is 8.07 Å². The van der Waals surface area contributed by atoms with E-state index < -0.39 is 8.07 Å². The molecule has 0 fully saturated rings. The molecule has 0 N–H and O–H groups in total. The SMILES string of the molecule is CCCCCCCC[Si](C)(C)c1cc(C)cc(-c2cccc(C(C)(C)CC(C)(C)C)c2)c1. The van der Waals surface area contributed by atoms with Gasteiger partial charge in [-0.1, -0.05) is 152 Å². The van der Waals surface area contributed by atoms with E-state index in [-0.39, 0.29) is 5.41 Å². The van der Waals surface area contributed by atoms with Gasteiger partial charge in [0, 0.05) is 0 Å². The number of unbranched alkanes of at least 4 members (excludes halogenated alkanes) is 5. The molecule has 0 atom stereocenters. The predicted octanol–water partition coefficient (Wildman–Crippen LogP) is 9.65. The van der Waals surface area contributed by atoms with E-state index in [0.717, 1.165) is 0 Å². The van der Waals surface area contributed by atoms with E-state index in [1.54, 1.807) is 5.19 Å². The molecule has 1 heteroatoms. The standard InChI is InChI=1S/C31H50Si/c1-10-11-12-13-14-15-19-32(8,9)29-21-25(2)20-27(23-29)26-17-16-18-28(22-26)31(6,7)24-30(3,4)5/h16-18,20-23H,10-15,19,24H2,1-9H3. The van der Waals surface area contributed by atoms with Gasteiger partial charge in [-0.25, -0.2) is 0 Å². The molecule has 0 saturated carbocycles. The highest BCUT2D eigenvalue weighted by atomic mass is 28.3. The molecular formula is C31H50Si. The largest absolute Gasteiger partial charge is 0.0806 e. The summed E-state index contributed by atoms with van der Waals surface area (Å²) in [5.41, 5.74) is 6.13. The average Bonchev–Trinajstić information content (AvgIpc) is 2.68. The number of aryl methyl sites for hydroxylation is 1. The zero-order valence-corrected chi connectivity index (χ0v) is 23.7. The minimum Gasteiger partial charge on any atom is -0.0654 e. The monoisotopic (exact) mass is 450 g/mol. The maximum absolute atomic E-state index is 2.57. The second-order valence-electron chi connectivity index (χ2n) is 12.7. The Morgan fingerprint density at radius 2 is 1.41 bits per heavy atom. The lowest BCUT2D eigenvalue weighted by molar-refractivity contribution is 0.284. The Morgan fingerprint density at radius 1 is 0.750 bits per heavy atom. The number of benzene rings is 2.